The molecule has 0 bridgehead atoms. The molecule has 0 spiro atoms. The normalized spacial score (nSPS) is 12.4. The van der Waals surface area contributed by atoms with E-state index in [1.807, 2.05) is 49.4 Å². The van der Waals surface area contributed by atoms with E-state index in [-0.39, 0.29) is 11.9 Å². The third kappa shape index (κ3) is 5.62. The number of amides is 1. The molecular weight excluding hydrogens is 324 g/mol. The maximum Gasteiger partial charge on any atom is 0.253 e. The molecule has 2 rings (SSSR count). The standard InChI is InChI=1S/C21H28N4O/c1-5-22-21(24-16(2)18-9-7-6-8-10-18)23-15-17-11-13-19(14-12-17)20(26)25(3)4/h6-14,16H,5,15H2,1-4H3,(H2,22,23,24). The Morgan fingerprint density at radius 1 is 1.08 bits per heavy atom. The second kappa shape index (κ2) is 9.61. The van der Waals surface area contributed by atoms with E-state index in [0.29, 0.717) is 12.1 Å². The maximum absolute atomic E-state index is 11.9. The van der Waals surface area contributed by atoms with Crippen LogP contribution in [0.2, 0.25) is 0 Å². The lowest BCUT2D eigenvalue weighted by Gasteiger charge is -2.18. The summed E-state index contributed by atoms with van der Waals surface area (Å²) >= 11 is 0. The Labute approximate surface area is 156 Å². The van der Waals surface area contributed by atoms with E-state index in [1.54, 1.807) is 19.0 Å². The van der Waals surface area contributed by atoms with Gasteiger partial charge in [-0.3, -0.25) is 4.79 Å². The molecule has 0 aromatic heterocycles. The van der Waals surface area contributed by atoms with Crippen molar-refractivity contribution in [1.29, 1.82) is 0 Å². The van der Waals surface area contributed by atoms with E-state index in [0.717, 1.165) is 18.1 Å². The van der Waals surface area contributed by atoms with Gasteiger partial charge in [0.25, 0.3) is 5.91 Å². The number of nitrogens with zero attached hydrogens (tertiary/aromatic N) is 2. The van der Waals surface area contributed by atoms with Gasteiger partial charge < -0.3 is 15.5 Å². The molecule has 0 aliphatic carbocycles. The van der Waals surface area contributed by atoms with Crippen LogP contribution >= 0.6 is 0 Å². The molecule has 1 unspecified atom stereocenters. The fourth-order valence-corrected chi connectivity index (χ4v) is 2.53. The van der Waals surface area contributed by atoms with E-state index >= 15 is 0 Å². The Balaban J connectivity index is 2.03. The van der Waals surface area contributed by atoms with Gasteiger partial charge in [0.2, 0.25) is 0 Å². The van der Waals surface area contributed by atoms with Crippen LogP contribution in [0.4, 0.5) is 0 Å². The van der Waals surface area contributed by atoms with Gasteiger partial charge in [-0.1, -0.05) is 42.5 Å². The van der Waals surface area contributed by atoms with Gasteiger partial charge in [0.15, 0.2) is 5.96 Å². The Morgan fingerprint density at radius 2 is 1.73 bits per heavy atom. The van der Waals surface area contributed by atoms with Crippen LogP contribution in [0.5, 0.6) is 0 Å². The van der Waals surface area contributed by atoms with Crippen LogP contribution < -0.4 is 10.6 Å². The molecule has 2 aromatic carbocycles. The second-order valence-electron chi connectivity index (χ2n) is 6.37. The van der Waals surface area contributed by atoms with Crippen LogP contribution in [0.1, 0.15) is 41.4 Å². The fraction of sp³-hybridized carbons (Fsp3) is 0.333. The first kappa shape index (κ1) is 19.5. The van der Waals surface area contributed by atoms with Crippen LogP contribution in [0.3, 0.4) is 0 Å². The molecule has 2 aromatic rings. The Morgan fingerprint density at radius 3 is 2.31 bits per heavy atom. The molecule has 26 heavy (non-hydrogen) atoms. The van der Waals surface area contributed by atoms with Gasteiger partial charge in [-0.15, -0.1) is 0 Å². The average molecular weight is 352 g/mol. The zero-order valence-corrected chi connectivity index (χ0v) is 16.0. The summed E-state index contributed by atoms with van der Waals surface area (Å²) in [6, 6.07) is 18.0. The summed E-state index contributed by atoms with van der Waals surface area (Å²) in [7, 11) is 3.51. The smallest absolute Gasteiger partial charge is 0.253 e. The molecule has 2 N–H and O–H groups in total. The first-order valence-corrected chi connectivity index (χ1v) is 8.91. The molecule has 0 saturated heterocycles. The molecule has 1 atom stereocenters. The van der Waals surface area contributed by atoms with Gasteiger partial charge in [-0.2, -0.15) is 0 Å². The van der Waals surface area contributed by atoms with Crippen molar-refractivity contribution >= 4 is 11.9 Å². The molecule has 0 aliphatic heterocycles. The minimum Gasteiger partial charge on any atom is -0.357 e. The third-order valence-corrected chi connectivity index (χ3v) is 4.02. The highest BCUT2D eigenvalue weighted by Crippen LogP contribution is 2.11. The van der Waals surface area contributed by atoms with E-state index in [9.17, 15) is 4.79 Å². The lowest BCUT2D eigenvalue weighted by molar-refractivity contribution is 0.0827. The molecule has 0 fully saturated rings. The summed E-state index contributed by atoms with van der Waals surface area (Å²) in [6.45, 7) is 5.51. The van der Waals surface area contributed by atoms with Gasteiger partial charge in [0, 0.05) is 26.2 Å². The van der Waals surface area contributed by atoms with Crippen molar-refractivity contribution in [2.75, 3.05) is 20.6 Å². The van der Waals surface area contributed by atoms with E-state index in [1.165, 1.54) is 5.56 Å². The first-order chi connectivity index (χ1) is 12.5. The summed E-state index contributed by atoms with van der Waals surface area (Å²) in [6.07, 6.45) is 0. The highest BCUT2D eigenvalue weighted by Gasteiger charge is 2.08. The number of nitrogens with one attached hydrogen (secondary N) is 2. The molecule has 1 amide bonds. The molecular formula is C21H28N4O. The van der Waals surface area contributed by atoms with Crippen LogP contribution in [0.25, 0.3) is 0 Å². The summed E-state index contributed by atoms with van der Waals surface area (Å²) in [5, 5.41) is 6.70. The van der Waals surface area contributed by atoms with Crippen LogP contribution in [0, 0.1) is 0 Å². The number of carbonyl (C=O) groups excluding carboxylic acids is 1. The number of hydrogen-bond acceptors (Lipinski definition) is 2. The fourth-order valence-electron chi connectivity index (χ4n) is 2.53. The lowest BCUT2D eigenvalue weighted by atomic mass is 10.1. The Kier molecular flexibility index (Phi) is 7.21. The quantitative estimate of drug-likeness (QED) is 0.620. The summed E-state index contributed by atoms with van der Waals surface area (Å²) < 4.78 is 0. The van der Waals surface area contributed by atoms with Crippen molar-refractivity contribution < 1.29 is 4.79 Å². The molecule has 0 radical (unpaired) electrons. The minimum absolute atomic E-state index is 0.00624. The number of aliphatic imine (C=N–C) groups is 1. The molecule has 5 nitrogen and oxygen atoms in total. The third-order valence-electron chi connectivity index (χ3n) is 4.02. The monoisotopic (exact) mass is 352 g/mol. The van der Waals surface area contributed by atoms with Crippen molar-refractivity contribution in [2.45, 2.75) is 26.4 Å². The SMILES string of the molecule is CCNC(=NCc1ccc(C(=O)N(C)C)cc1)NC(C)c1ccccc1. The largest absolute Gasteiger partial charge is 0.357 e. The minimum atomic E-state index is 0.00624. The maximum atomic E-state index is 11.9. The molecule has 0 saturated carbocycles. The highest BCUT2D eigenvalue weighted by atomic mass is 16.2. The lowest BCUT2D eigenvalue weighted by Crippen LogP contribution is -2.38. The summed E-state index contributed by atoms with van der Waals surface area (Å²) in [5.41, 5.74) is 2.96. The van der Waals surface area contributed by atoms with Crippen molar-refractivity contribution in [1.82, 2.24) is 15.5 Å². The summed E-state index contributed by atoms with van der Waals surface area (Å²) in [4.78, 5) is 18.2. The second-order valence-corrected chi connectivity index (χ2v) is 6.37. The Bertz CT molecular complexity index is 723. The summed E-state index contributed by atoms with van der Waals surface area (Å²) in [5.74, 6) is 0.782. The zero-order valence-electron chi connectivity index (χ0n) is 16.0. The number of benzene rings is 2. The predicted octanol–water partition coefficient (Wildman–Crippen LogP) is 3.20. The van der Waals surface area contributed by atoms with Crippen LogP contribution in [0.15, 0.2) is 59.6 Å². The zero-order chi connectivity index (χ0) is 18.9. The number of hydrogen-bond donors (Lipinski definition) is 2. The van der Waals surface area contributed by atoms with Crippen LogP contribution in [-0.2, 0) is 6.54 Å². The van der Waals surface area contributed by atoms with Crippen LogP contribution in [-0.4, -0.2) is 37.4 Å². The molecule has 0 heterocycles. The van der Waals surface area contributed by atoms with Gasteiger partial charge in [-0.25, -0.2) is 4.99 Å². The predicted molar refractivity (Wildman–Crippen MR) is 107 cm³/mol. The van der Waals surface area contributed by atoms with E-state index in [4.69, 9.17) is 0 Å². The van der Waals surface area contributed by atoms with E-state index in [2.05, 4.69) is 34.7 Å². The molecule has 138 valence electrons. The van der Waals surface area contributed by atoms with Gasteiger partial charge in [0.05, 0.1) is 12.6 Å². The molecule has 5 heteroatoms. The van der Waals surface area contributed by atoms with E-state index < -0.39 is 0 Å². The van der Waals surface area contributed by atoms with Gasteiger partial charge in [-0.05, 0) is 37.1 Å². The number of rotatable bonds is 6. The number of guanidine groups is 1. The van der Waals surface area contributed by atoms with Crippen molar-refractivity contribution in [2.24, 2.45) is 4.99 Å². The van der Waals surface area contributed by atoms with Gasteiger partial charge in [0.1, 0.15) is 0 Å². The number of carbonyl (C=O) groups is 1. The topological polar surface area (TPSA) is 56.7 Å². The first-order valence-electron chi connectivity index (χ1n) is 8.91. The molecule has 0 aliphatic rings. The van der Waals surface area contributed by atoms with Crippen molar-refractivity contribution in [3.8, 4) is 0 Å². The van der Waals surface area contributed by atoms with Gasteiger partial charge >= 0.3 is 0 Å². The van der Waals surface area contributed by atoms with Crippen molar-refractivity contribution in [3.05, 3.63) is 71.3 Å². The van der Waals surface area contributed by atoms with Crippen molar-refractivity contribution in [3.63, 3.8) is 0 Å². The Hall–Kier alpha value is -2.82. The average Bonchev–Trinajstić information content (AvgIpc) is 2.66. The highest BCUT2D eigenvalue weighted by molar-refractivity contribution is 5.93.